The van der Waals surface area contributed by atoms with Crippen LogP contribution >= 0.6 is 0 Å². The van der Waals surface area contributed by atoms with Crippen molar-refractivity contribution in [2.75, 3.05) is 32.8 Å². The molecule has 17 heavy (non-hydrogen) atoms. The molecule has 102 valence electrons. The van der Waals surface area contributed by atoms with Gasteiger partial charge in [0.15, 0.2) is 0 Å². The first kappa shape index (κ1) is 14.9. The molecule has 1 aliphatic heterocycles. The van der Waals surface area contributed by atoms with E-state index in [1.54, 1.807) is 0 Å². The van der Waals surface area contributed by atoms with Gasteiger partial charge in [-0.25, -0.2) is 0 Å². The van der Waals surface area contributed by atoms with Crippen LogP contribution in [0.4, 0.5) is 0 Å². The molecule has 0 bridgehead atoms. The lowest BCUT2D eigenvalue weighted by molar-refractivity contribution is 0.0387. The average molecular weight is 242 g/mol. The van der Waals surface area contributed by atoms with E-state index in [2.05, 4.69) is 37.9 Å². The van der Waals surface area contributed by atoms with Gasteiger partial charge < -0.3 is 15.0 Å². The van der Waals surface area contributed by atoms with Crippen molar-refractivity contribution in [2.45, 2.75) is 52.7 Å². The lowest BCUT2D eigenvalue weighted by Gasteiger charge is -2.33. The molecule has 1 rings (SSSR count). The van der Waals surface area contributed by atoms with Crippen LogP contribution in [0.5, 0.6) is 0 Å². The molecule has 3 atom stereocenters. The van der Waals surface area contributed by atoms with Crippen LogP contribution in [0.25, 0.3) is 0 Å². The first-order valence-electron chi connectivity index (χ1n) is 7.23. The number of nitrogens with one attached hydrogen (secondary N) is 1. The first-order chi connectivity index (χ1) is 8.15. The zero-order valence-electron chi connectivity index (χ0n) is 12.0. The minimum absolute atomic E-state index is 0.361. The van der Waals surface area contributed by atoms with E-state index in [0.717, 1.165) is 25.6 Å². The number of ether oxygens (including phenoxy) is 1. The van der Waals surface area contributed by atoms with E-state index in [4.69, 9.17) is 4.74 Å². The lowest BCUT2D eigenvalue weighted by Crippen LogP contribution is -2.45. The third-order valence-corrected chi connectivity index (χ3v) is 3.58. The largest absolute Gasteiger partial charge is 0.377 e. The molecule has 1 fully saturated rings. The molecule has 0 aromatic carbocycles. The van der Waals surface area contributed by atoms with Crippen molar-refractivity contribution in [3.05, 3.63) is 0 Å². The molecule has 0 aromatic heterocycles. The molecule has 0 aromatic rings. The highest BCUT2D eigenvalue weighted by atomic mass is 16.5. The molecule has 1 heterocycles. The van der Waals surface area contributed by atoms with Gasteiger partial charge in [-0.3, -0.25) is 0 Å². The Bertz CT molecular complexity index is 199. The fourth-order valence-electron chi connectivity index (χ4n) is 2.62. The van der Waals surface area contributed by atoms with E-state index in [1.165, 1.54) is 25.9 Å². The standard InChI is InChI=1S/C14H30N2O/c1-5-14-7-8-16(10-12(3)9-15-14)11-13(4)17-6-2/h12-15H,5-11H2,1-4H3. The van der Waals surface area contributed by atoms with Gasteiger partial charge in [0.1, 0.15) is 0 Å². The van der Waals surface area contributed by atoms with Gasteiger partial charge in [-0.2, -0.15) is 0 Å². The van der Waals surface area contributed by atoms with Crippen molar-refractivity contribution in [3.8, 4) is 0 Å². The Labute approximate surface area is 107 Å². The van der Waals surface area contributed by atoms with Crippen LogP contribution in [0.15, 0.2) is 0 Å². The first-order valence-corrected chi connectivity index (χ1v) is 7.23. The number of hydrogen-bond donors (Lipinski definition) is 1. The highest BCUT2D eigenvalue weighted by Gasteiger charge is 2.19. The Morgan fingerprint density at radius 1 is 1.41 bits per heavy atom. The predicted octanol–water partition coefficient (Wildman–Crippen LogP) is 2.12. The Morgan fingerprint density at radius 2 is 2.18 bits per heavy atom. The van der Waals surface area contributed by atoms with Crippen LogP contribution in [-0.2, 0) is 4.74 Å². The average Bonchev–Trinajstić information content (AvgIpc) is 2.26. The molecule has 3 heteroatoms. The maximum absolute atomic E-state index is 5.65. The van der Waals surface area contributed by atoms with E-state index < -0.39 is 0 Å². The Balaban J connectivity index is 2.40. The van der Waals surface area contributed by atoms with Gasteiger partial charge in [0, 0.05) is 25.7 Å². The predicted molar refractivity (Wildman–Crippen MR) is 73.4 cm³/mol. The summed E-state index contributed by atoms with van der Waals surface area (Å²) in [5.41, 5.74) is 0. The second kappa shape index (κ2) is 8.06. The molecule has 3 nitrogen and oxygen atoms in total. The molecule has 1 N–H and O–H groups in total. The van der Waals surface area contributed by atoms with Gasteiger partial charge in [-0.15, -0.1) is 0 Å². The molecule has 1 saturated heterocycles. The third-order valence-electron chi connectivity index (χ3n) is 3.58. The van der Waals surface area contributed by atoms with E-state index in [1.807, 2.05) is 0 Å². The van der Waals surface area contributed by atoms with Gasteiger partial charge in [-0.05, 0) is 45.7 Å². The molecule has 0 spiro atoms. The lowest BCUT2D eigenvalue weighted by atomic mass is 10.0. The molecule has 0 saturated carbocycles. The minimum Gasteiger partial charge on any atom is -0.377 e. The Kier molecular flexibility index (Phi) is 7.09. The van der Waals surface area contributed by atoms with Crippen molar-refractivity contribution in [1.29, 1.82) is 0 Å². The second-order valence-electron chi connectivity index (χ2n) is 5.43. The van der Waals surface area contributed by atoms with Crippen LogP contribution in [0.3, 0.4) is 0 Å². The van der Waals surface area contributed by atoms with Crippen LogP contribution in [-0.4, -0.2) is 49.8 Å². The van der Waals surface area contributed by atoms with Crippen molar-refractivity contribution in [1.82, 2.24) is 10.2 Å². The molecule has 0 aliphatic carbocycles. The summed E-state index contributed by atoms with van der Waals surface area (Å²) in [6.45, 7) is 14.3. The molecule has 0 radical (unpaired) electrons. The van der Waals surface area contributed by atoms with Gasteiger partial charge in [-0.1, -0.05) is 13.8 Å². The van der Waals surface area contributed by atoms with E-state index in [0.29, 0.717) is 12.1 Å². The Morgan fingerprint density at radius 3 is 2.82 bits per heavy atom. The summed E-state index contributed by atoms with van der Waals surface area (Å²) >= 11 is 0. The van der Waals surface area contributed by atoms with Gasteiger partial charge in [0.2, 0.25) is 0 Å². The summed E-state index contributed by atoms with van der Waals surface area (Å²) in [4.78, 5) is 2.58. The smallest absolute Gasteiger partial charge is 0.0673 e. The van der Waals surface area contributed by atoms with Gasteiger partial charge >= 0.3 is 0 Å². The van der Waals surface area contributed by atoms with E-state index in [-0.39, 0.29) is 0 Å². The second-order valence-corrected chi connectivity index (χ2v) is 5.43. The molecule has 1 aliphatic rings. The van der Waals surface area contributed by atoms with Crippen LogP contribution in [0.1, 0.15) is 40.5 Å². The SMILES string of the molecule is CCOC(C)CN1CCC(CC)NCC(C)C1. The monoisotopic (exact) mass is 242 g/mol. The summed E-state index contributed by atoms with van der Waals surface area (Å²) in [5, 5.41) is 3.66. The fraction of sp³-hybridized carbons (Fsp3) is 1.00. The summed E-state index contributed by atoms with van der Waals surface area (Å²) < 4.78 is 5.65. The van der Waals surface area contributed by atoms with Crippen molar-refractivity contribution < 1.29 is 4.74 Å². The number of nitrogens with zero attached hydrogens (tertiary/aromatic N) is 1. The van der Waals surface area contributed by atoms with Crippen molar-refractivity contribution in [3.63, 3.8) is 0 Å². The molecular weight excluding hydrogens is 212 g/mol. The van der Waals surface area contributed by atoms with Crippen LogP contribution in [0, 0.1) is 5.92 Å². The number of rotatable bonds is 5. The quantitative estimate of drug-likeness (QED) is 0.799. The normalized spacial score (nSPS) is 29.6. The van der Waals surface area contributed by atoms with Gasteiger partial charge in [0.05, 0.1) is 6.10 Å². The maximum Gasteiger partial charge on any atom is 0.0673 e. The van der Waals surface area contributed by atoms with E-state index >= 15 is 0 Å². The fourth-order valence-corrected chi connectivity index (χ4v) is 2.62. The van der Waals surface area contributed by atoms with Crippen molar-refractivity contribution >= 4 is 0 Å². The highest BCUT2D eigenvalue weighted by Crippen LogP contribution is 2.10. The summed E-state index contributed by atoms with van der Waals surface area (Å²) in [6, 6.07) is 0.697. The summed E-state index contributed by atoms with van der Waals surface area (Å²) in [5.74, 6) is 0.734. The zero-order chi connectivity index (χ0) is 12.7. The molecule has 3 unspecified atom stereocenters. The third kappa shape index (κ3) is 5.84. The maximum atomic E-state index is 5.65. The van der Waals surface area contributed by atoms with Gasteiger partial charge in [0.25, 0.3) is 0 Å². The molecule has 0 amide bonds. The number of hydrogen-bond acceptors (Lipinski definition) is 3. The molecular formula is C14H30N2O. The highest BCUT2D eigenvalue weighted by molar-refractivity contribution is 4.76. The van der Waals surface area contributed by atoms with Crippen LogP contribution < -0.4 is 5.32 Å². The topological polar surface area (TPSA) is 24.5 Å². The summed E-state index contributed by atoms with van der Waals surface area (Å²) in [7, 11) is 0. The minimum atomic E-state index is 0.361. The van der Waals surface area contributed by atoms with E-state index in [9.17, 15) is 0 Å². The zero-order valence-corrected chi connectivity index (χ0v) is 12.0. The summed E-state index contributed by atoms with van der Waals surface area (Å²) in [6.07, 6.45) is 2.86. The van der Waals surface area contributed by atoms with Crippen molar-refractivity contribution in [2.24, 2.45) is 5.92 Å². The Hall–Kier alpha value is -0.120. The van der Waals surface area contributed by atoms with Crippen LogP contribution in [0.2, 0.25) is 0 Å².